The van der Waals surface area contributed by atoms with Gasteiger partial charge >= 0.3 is 6.36 Å². The quantitative estimate of drug-likeness (QED) is 0.621. The Hall–Kier alpha value is -3.50. The molecule has 0 saturated heterocycles. The molecule has 0 unspecified atom stereocenters. The highest BCUT2D eigenvalue weighted by Gasteiger charge is 2.31. The summed E-state index contributed by atoms with van der Waals surface area (Å²) in [4.78, 5) is 35.0. The number of nitrogens with one attached hydrogen (secondary N) is 3. The Labute approximate surface area is 157 Å². The monoisotopic (exact) mass is 399 g/mol. The number of benzene rings is 1. The molecule has 3 amide bonds. The van der Waals surface area contributed by atoms with Crippen LogP contribution in [0.25, 0.3) is 0 Å². The Balaban J connectivity index is 1.73. The molecule has 11 heteroatoms. The van der Waals surface area contributed by atoms with Crippen molar-refractivity contribution in [3.63, 3.8) is 0 Å². The second-order valence-electron chi connectivity index (χ2n) is 5.37. The summed E-state index contributed by atoms with van der Waals surface area (Å²) in [7, 11) is 0. The summed E-state index contributed by atoms with van der Waals surface area (Å²) in [5, 5.41) is 6.93. The number of carbonyl (C=O) groups is 3. The molecule has 0 aliphatic rings. The second kappa shape index (κ2) is 9.44. The Morgan fingerprint density at radius 1 is 0.929 bits per heavy atom. The molecule has 2 aromatic rings. The second-order valence-corrected chi connectivity index (χ2v) is 5.37. The zero-order chi connectivity index (χ0) is 20.6. The van der Waals surface area contributed by atoms with Gasteiger partial charge in [0.05, 0.1) is 19.4 Å². The molecule has 28 heavy (non-hydrogen) atoms. The van der Waals surface area contributed by atoms with Gasteiger partial charge in [-0.3, -0.25) is 14.4 Å². The summed E-state index contributed by atoms with van der Waals surface area (Å²) in [6.45, 7) is -1.02. The molecule has 0 spiro atoms. The van der Waals surface area contributed by atoms with E-state index >= 15 is 0 Å². The van der Waals surface area contributed by atoms with Gasteiger partial charge in [-0.15, -0.1) is 13.2 Å². The van der Waals surface area contributed by atoms with Crippen LogP contribution in [0.1, 0.15) is 16.1 Å². The minimum absolute atomic E-state index is 0.0327. The number of hydrogen-bond acceptors (Lipinski definition) is 5. The normalized spacial score (nSPS) is 10.8. The predicted octanol–water partition coefficient (Wildman–Crippen LogP) is 1.34. The first-order chi connectivity index (χ1) is 13.2. The van der Waals surface area contributed by atoms with Crippen molar-refractivity contribution >= 4 is 17.7 Å². The number of alkyl halides is 3. The Kier molecular flexibility index (Phi) is 7.02. The molecular formula is C17H16F3N3O5. The summed E-state index contributed by atoms with van der Waals surface area (Å²) >= 11 is 0. The van der Waals surface area contributed by atoms with Crippen LogP contribution in [0.5, 0.6) is 5.75 Å². The first-order valence-electron chi connectivity index (χ1n) is 7.93. The first-order valence-corrected chi connectivity index (χ1v) is 7.93. The van der Waals surface area contributed by atoms with E-state index in [0.29, 0.717) is 0 Å². The molecular weight excluding hydrogens is 383 g/mol. The molecule has 3 N–H and O–H groups in total. The minimum Gasteiger partial charge on any atom is -0.459 e. The van der Waals surface area contributed by atoms with Crippen LogP contribution in [0.2, 0.25) is 0 Å². The average Bonchev–Trinajstić information content (AvgIpc) is 3.17. The molecule has 0 aliphatic heterocycles. The Bertz CT molecular complexity index is 822. The molecule has 1 heterocycles. The Morgan fingerprint density at radius 3 is 2.29 bits per heavy atom. The van der Waals surface area contributed by atoms with E-state index in [1.807, 2.05) is 0 Å². The molecule has 0 fully saturated rings. The SMILES string of the molecule is O=C(CNC(=O)CNC(=O)c1ccco1)NCc1ccccc1OC(F)(F)F. The van der Waals surface area contributed by atoms with Gasteiger partial charge in [0.2, 0.25) is 11.8 Å². The number of para-hydroxylation sites is 1. The van der Waals surface area contributed by atoms with Crippen LogP contribution in [0.3, 0.4) is 0 Å². The van der Waals surface area contributed by atoms with Crippen molar-refractivity contribution in [2.24, 2.45) is 0 Å². The van der Waals surface area contributed by atoms with Crippen LogP contribution in [-0.2, 0) is 16.1 Å². The molecule has 0 radical (unpaired) electrons. The van der Waals surface area contributed by atoms with E-state index in [9.17, 15) is 27.6 Å². The van der Waals surface area contributed by atoms with Gasteiger partial charge in [0.25, 0.3) is 5.91 Å². The fraction of sp³-hybridized carbons (Fsp3) is 0.235. The molecule has 1 aromatic carbocycles. The van der Waals surface area contributed by atoms with Gasteiger partial charge in [-0.25, -0.2) is 0 Å². The van der Waals surface area contributed by atoms with Gasteiger partial charge in [0, 0.05) is 12.1 Å². The largest absolute Gasteiger partial charge is 0.573 e. The van der Waals surface area contributed by atoms with Crippen LogP contribution in [0, 0.1) is 0 Å². The predicted molar refractivity (Wildman–Crippen MR) is 89.0 cm³/mol. The van der Waals surface area contributed by atoms with Crippen molar-refractivity contribution in [1.82, 2.24) is 16.0 Å². The fourth-order valence-electron chi connectivity index (χ4n) is 2.03. The van der Waals surface area contributed by atoms with Crippen LogP contribution < -0.4 is 20.7 Å². The first kappa shape index (κ1) is 20.8. The lowest BCUT2D eigenvalue weighted by molar-refractivity contribution is -0.274. The highest BCUT2D eigenvalue weighted by Crippen LogP contribution is 2.25. The van der Waals surface area contributed by atoms with Gasteiger partial charge in [-0.2, -0.15) is 0 Å². The van der Waals surface area contributed by atoms with Crippen LogP contribution in [0.4, 0.5) is 13.2 Å². The molecule has 1 aromatic heterocycles. The number of halogens is 3. The molecule has 8 nitrogen and oxygen atoms in total. The van der Waals surface area contributed by atoms with E-state index in [1.54, 1.807) is 0 Å². The maximum absolute atomic E-state index is 12.4. The Morgan fingerprint density at radius 2 is 1.61 bits per heavy atom. The highest BCUT2D eigenvalue weighted by molar-refractivity contribution is 5.94. The van der Waals surface area contributed by atoms with Crippen LogP contribution in [0.15, 0.2) is 47.1 Å². The smallest absolute Gasteiger partial charge is 0.459 e. The van der Waals surface area contributed by atoms with Crippen molar-refractivity contribution in [3.05, 3.63) is 54.0 Å². The van der Waals surface area contributed by atoms with Gasteiger partial charge in [0.1, 0.15) is 5.75 Å². The van der Waals surface area contributed by atoms with E-state index in [4.69, 9.17) is 4.42 Å². The number of amides is 3. The van der Waals surface area contributed by atoms with Crippen molar-refractivity contribution in [3.8, 4) is 5.75 Å². The van der Waals surface area contributed by atoms with Crippen molar-refractivity contribution in [2.75, 3.05) is 13.1 Å². The summed E-state index contributed by atoms with van der Waals surface area (Å²) in [6.07, 6.45) is -3.55. The summed E-state index contributed by atoms with van der Waals surface area (Å²) < 4.78 is 45.8. The number of ether oxygens (including phenoxy) is 1. The number of hydrogen-bond donors (Lipinski definition) is 3. The lowest BCUT2D eigenvalue weighted by atomic mass is 10.2. The minimum atomic E-state index is -4.85. The number of carbonyl (C=O) groups excluding carboxylic acids is 3. The maximum Gasteiger partial charge on any atom is 0.573 e. The van der Waals surface area contributed by atoms with E-state index < -0.39 is 36.4 Å². The van der Waals surface area contributed by atoms with Crippen molar-refractivity contribution in [1.29, 1.82) is 0 Å². The third-order valence-corrected chi connectivity index (χ3v) is 3.27. The van der Waals surface area contributed by atoms with Gasteiger partial charge in [0.15, 0.2) is 5.76 Å². The third-order valence-electron chi connectivity index (χ3n) is 3.27. The standard InChI is InChI=1S/C17H16F3N3O5/c18-17(19,20)28-12-5-2-1-4-11(12)8-21-14(24)9-22-15(25)10-23-16(26)13-6-3-7-27-13/h1-7H,8-10H2,(H,21,24)(H,22,25)(H,23,26). The number of furan rings is 1. The highest BCUT2D eigenvalue weighted by atomic mass is 19.4. The van der Waals surface area contributed by atoms with Crippen molar-refractivity contribution < 1.29 is 36.7 Å². The molecule has 0 saturated carbocycles. The van der Waals surface area contributed by atoms with Crippen molar-refractivity contribution in [2.45, 2.75) is 12.9 Å². The lowest BCUT2D eigenvalue weighted by Crippen LogP contribution is -2.41. The van der Waals surface area contributed by atoms with Gasteiger partial charge in [-0.1, -0.05) is 18.2 Å². The lowest BCUT2D eigenvalue weighted by Gasteiger charge is -2.13. The molecule has 0 bridgehead atoms. The molecule has 2 rings (SSSR count). The molecule has 150 valence electrons. The fourth-order valence-corrected chi connectivity index (χ4v) is 2.03. The third kappa shape index (κ3) is 7.02. The zero-order valence-electron chi connectivity index (χ0n) is 14.3. The van der Waals surface area contributed by atoms with Crippen LogP contribution in [-0.4, -0.2) is 37.2 Å². The summed E-state index contributed by atoms with van der Waals surface area (Å²) in [5.74, 6) is -2.25. The summed E-state index contributed by atoms with van der Waals surface area (Å²) in [6, 6.07) is 8.28. The zero-order valence-corrected chi connectivity index (χ0v) is 14.3. The average molecular weight is 399 g/mol. The van der Waals surface area contributed by atoms with Crippen LogP contribution >= 0.6 is 0 Å². The van der Waals surface area contributed by atoms with Gasteiger partial charge in [-0.05, 0) is 18.2 Å². The topological polar surface area (TPSA) is 110 Å². The molecule has 0 atom stereocenters. The number of rotatable bonds is 8. The van der Waals surface area contributed by atoms with E-state index in [2.05, 4.69) is 20.7 Å². The van der Waals surface area contributed by atoms with E-state index in [1.165, 1.54) is 36.6 Å². The van der Waals surface area contributed by atoms with E-state index in [-0.39, 0.29) is 24.4 Å². The molecule has 0 aliphatic carbocycles. The van der Waals surface area contributed by atoms with E-state index in [0.717, 1.165) is 6.07 Å². The summed E-state index contributed by atoms with van der Waals surface area (Å²) in [5.41, 5.74) is 0.116. The van der Waals surface area contributed by atoms with Gasteiger partial charge < -0.3 is 25.1 Å². The maximum atomic E-state index is 12.4.